The summed E-state index contributed by atoms with van der Waals surface area (Å²) in [5.74, 6) is -0.985. The van der Waals surface area contributed by atoms with Gasteiger partial charge in [0.2, 0.25) is 0 Å². The van der Waals surface area contributed by atoms with Gasteiger partial charge >= 0.3 is 11.7 Å². The molecule has 0 radical (unpaired) electrons. The average molecular weight is 309 g/mol. The van der Waals surface area contributed by atoms with Crippen molar-refractivity contribution in [3.63, 3.8) is 0 Å². The smallest absolute Gasteiger partial charge is 0.328 e. The van der Waals surface area contributed by atoms with Gasteiger partial charge in [-0.1, -0.05) is 26.2 Å². The molecular formula is C15H23N3O4. The molecule has 22 heavy (non-hydrogen) atoms. The molecule has 0 amide bonds. The van der Waals surface area contributed by atoms with Gasteiger partial charge in [-0.25, -0.2) is 4.79 Å². The van der Waals surface area contributed by atoms with Crippen LogP contribution in [0.15, 0.2) is 15.8 Å². The van der Waals surface area contributed by atoms with E-state index in [1.54, 1.807) is 0 Å². The first kappa shape index (κ1) is 16.5. The molecule has 122 valence electrons. The van der Waals surface area contributed by atoms with E-state index >= 15 is 0 Å². The average Bonchev–Trinajstić information content (AvgIpc) is 2.50. The summed E-state index contributed by atoms with van der Waals surface area (Å²) in [7, 11) is 0. The summed E-state index contributed by atoms with van der Waals surface area (Å²) in [6.45, 7) is 1.82. The third-order valence-electron chi connectivity index (χ3n) is 4.18. The molecule has 0 aliphatic heterocycles. The lowest BCUT2D eigenvalue weighted by atomic mass is 9.95. The number of aryl methyl sites for hydroxylation is 1. The van der Waals surface area contributed by atoms with Crippen LogP contribution < -0.4 is 16.6 Å². The number of nitrogens with zero attached hydrogens (tertiary/aromatic N) is 1. The first-order chi connectivity index (χ1) is 10.5. The Morgan fingerprint density at radius 1 is 1.41 bits per heavy atom. The third kappa shape index (κ3) is 4.07. The van der Waals surface area contributed by atoms with E-state index in [-0.39, 0.29) is 12.6 Å². The van der Waals surface area contributed by atoms with Crippen molar-refractivity contribution in [3.8, 4) is 0 Å². The van der Waals surface area contributed by atoms with Crippen molar-refractivity contribution in [2.24, 2.45) is 0 Å². The van der Waals surface area contributed by atoms with Crippen LogP contribution in [0, 0.1) is 0 Å². The first-order valence-electron chi connectivity index (χ1n) is 7.82. The van der Waals surface area contributed by atoms with E-state index in [4.69, 9.17) is 0 Å². The van der Waals surface area contributed by atoms with Crippen LogP contribution in [0.3, 0.4) is 0 Å². The molecule has 1 heterocycles. The number of hydrogen-bond donors (Lipinski definition) is 3. The third-order valence-corrected chi connectivity index (χ3v) is 4.18. The summed E-state index contributed by atoms with van der Waals surface area (Å²) in [5.41, 5.74) is -0.504. The van der Waals surface area contributed by atoms with E-state index in [0.717, 1.165) is 25.7 Å². The highest BCUT2D eigenvalue weighted by Crippen LogP contribution is 2.18. The highest BCUT2D eigenvalue weighted by Gasteiger charge is 2.24. The van der Waals surface area contributed by atoms with Crippen LogP contribution in [0.1, 0.15) is 44.6 Å². The zero-order valence-corrected chi connectivity index (χ0v) is 12.8. The Balaban J connectivity index is 2.15. The highest BCUT2D eigenvalue weighted by molar-refractivity contribution is 5.73. The van der Waals surface area contributed by atoms with E-state index in [0.29, 0.717) is 12.0 Å². The summed E-state index contributed by atoms with van der Waals surface area (Å²) < 4.78 is 1.27. The van der Waals surface area contributed by atoms with Gasteiger partial charge in [0.25, 0.3) is 5.56 Å². The Labute approximate surface area is 128 Å². The van der Waals surface area contributed by atoms with Crippen molar-refractivity contribution >= 4 is 5.97 Å². The van der Waals surface area contributed by atoms with Crippen molar-refractivity contribution in [2.45, 2.75) is 64.1 Å². The summed E-state index contributed by atoms with van der Waals surface area (Å²) in [4.78, 5) is 37.1. The summed E-state index contributed by atoms with van der Waals surface area (Å²) >= 11 is 0. The first-order valence-corrected chi connectivity index (χ1v) is 7.82. The molecule has 1 saturated carbocycles. The molecule has 1 aliphatic carbocycles. The van der Waals surface area contributed by atoms with Crippen molar-refractivity contribution in [1.82, 2.24) is 14.9 Å². The zero-order valence-electron chi connectivity index (χ0n) is 12.8. The van der Waals surface area contributed by atoms with Crippen LogP contribution in [0.2, 0.25) is 0 Å². The Kier molecular flexibility index (Phi) is 5.54. The number of H-pyrrole nitrogens is 1. The number of aromatic nitrogens is 2. The number of nitrogens with one attached hydrogen (secondary N) is 2. The second kappa shape index (κ2) is 7.40. The molecule has 7 nitrogen and oxygen atoms in total. The summed E-state index contributed by atoms with van der Waals surface area (Å²) in [6, 6.07) is -0.657. The summed E-state index contributed by atoms with van der Waals surface area (Å²) in [6.07, 6.45) is 7.26. The Bertz CT molecular complexity index is 628. The molecule has 1 unspecified atom stereocenters. The second-order valence-electron chi connectivity index (χ2n) is 5.81. The quantitative estimate of drug-likeness (QED) is 0.709. The number of rotatable bonds is 6. The van der Waals surface area contributed by atoms with Crippen LogP contribution >= 0.6 is 0 Å². The van der Waals surface area contributed by atoms with Gasteiger partial charge in [-0.15, -0.1) is 0 Å². The van der Waals surface area contributed by atoms with Gasteiger partial charge in [0.05, 0.1) is 6.54 Å². The van der Waals surface area contributed by atoms with E-state index in [1.807, 2.05) is 6.92 Å². The minimum atomic E-state index is -0.985. The van der Waals surface area contributed by atoms with Gasteiger partial charge in [-0.05, 0) is 19.3 Å². The maximum absolute atomic E-state index is 11.8. The van der Waals surface area contributed by atoms with Crippen LogP contribution in [0.4, 0.5) is 0 Å². The normalized spacial score (nSPS) is 17.3. The molecule has 0 bridgehead atoms. The Hall–Kier alpha value is -1.89. The van der Waals surface area contributed by atoms with Crippen molar-refractivity contribution in [2.75, 3.05) is 0 Å². The van der Waals surface area contributed by atoms with Crippen LogP contribution in [-0.2, 0) is 17.8 Å². The van der Waals surface area contributed by atoms with Gasteiger partial charge in [-0.2, -0.15) is 0 Å². The largest absolute Gasteiger partial charge is 0.480 e. The predicted molar refractivity (Wildman–Crippen MR) is 82.1 cm³/mol. The molecular weight excluding hydrogens is 286 g/mol. The van der Waals surface area contributed by atoms with Crippen LogP contribution in [0.25, 0.3) is 0 Å². The maximum atomic E-state index is 11.8. The van der Waals surface area contributed by atoms with Gasteiger partial charge in [-0.3, -0.25) is 19.1 Å². The fourth-order valence-electron chi connectivity index (χ4n) is 2.89. The Morgan fingerprint density at radius 2 is 2.09 bits per heavy atom. The molecule has 1 atom stereocenters. The van der Waals surface area contributed by atoms with Crippen molar-refractivity contribution in [3.05, 3.63) is 32.6 Å². The molecule has 3 N–H and O–H groups in total. The van der Waals surface area contributed by atoms with Gasteiger partial charge < -0.3 is 10.4 Å². The number of aromatic amines is 1. The molecule has 0 spiro atoms. The molecule has 0 saturated heterocycles. The lowest BCUT2D eigenvalue weighted by molar-refractivity contribution is -0.140. The van der Waals surface area contributed by atoms with E-state index < -0.39 is 23.3 Å². The SMILES string of the molecule is CCc1cn(CC(NC2CCCCC2)C(=O)O)c(=O)[nH]c1=O. The fraction of sp³-hybridized carbons (Fsp3) is 0.667. The molecule has 1 aliphatic rings. The minimum absolute atomic E-state index is 0.00838. The summed E-state index contributed by atoms with van der Waals surface area (Å²) in [5, 5.41) is 12.5. The predicted octanol–water partition coefficient (Wildman–Crippen LogP) is 0.475. The number of carboxylic acid groups (broad SMARTS) is 1. The maximum Gasteiger partial charge on any atom is 0.328 e. The molecule has 0 aromatic carbocycles. The lowest BCUT2D eigenvalue weighted by Gasteiger charge is -2.26. The van der Waals surface area contributed by atoms with Gasteiger partial charge in [0.1, 0.15) is 6.04 Å². The van der Waals surface area contributed by atoms with Crippen molar-refractivity contribution in [1.29, 1.82) is 0 Å². The fourth-order valence-corrected chi connectivity index (χ4v) is 2.89. The van der Waals surface area contributed by atoms with Crippen LogP contribution in [-0.4, -0.2) is 32.7 Å². The molecule has 1 aromatic rings. The lowest BCUT2D eigenvalue weighted by Crippen LogP contribution is -2.48. The second-order valence-corrected chi connectivity index (χ2v) is 5.81. The van der Waals surface area contributed by atoms with Crippen molar-refractivity contribution < 1.29 is 9.90 Å². The standard InChI is InChI=1S/C15H23N3O4/c1-2-10-8-18(15(22)17-13(10)19)9-12(14(20)21)16-11-6-4-3-5-7-11/h8,11-12,16H,2-7,9H2,1H3,(H,20,21)(H,17,19,22). The monoisotopic (exact) mass is 309 g/mol. The van der Waals surface area contributed by atoms with E-state index in [9.17, 15) is 19.5 Å². The van der Waals surface area contributed by atoms with Gasteiger partial charge in [0, 0.05) is 17.8 Å². The number of hydrogen-bond acceptors (Lipinski definition) is 4. The molecule has 1 aromatic heterocycles. The van der Waals surface area contributed by atoms with E-state index in [1.165, 1.54) is 17.2 Å². The van der Waals surface area contributed by atoms with Crippen LogP contribution in [0.5, 0.6) is 0 Å². The molecule has 7 heteroatoms. The van der Waals surface area contributed by atoms with Gasteiger partial charge in [0.15, 0.2) is 0 Å². The topological polar surface area (TPSA) is 104 Å². The highest BCUT2D eigenvalue weighted by atomic mass is 16.4. The molecule has 2 rings (SSSR count). The number of aliphatic carboxylic acids is 1. The number of carbonyl (C=O) groups is 1. The Morgan fingerprint density at radius 3 is 2.68 bits per heavy atom. The van der Waals surface area contributed by atoms with E-state index in [2.05, 4.69) is 10.3 Å². The zero-order chi connectivity index (χ0) is 16.1. The number of carboxylic acids is 1. The molecule has 1 fully saturated rings. The minimum Gasteiger partial charge on any atom is -0.480 e.